The molecule has 10 heteroatoms. The largest absolute Gasteiger partial charge is 0.494 e. The Kier molecular flexibility index (Phi) is 14.9. The minimum absolute atomic E-state index is 0.0780. The molecule has 0 aliphatic rings. The molecule has 0 aliphatic heterocycles. The molecular formula is C54H46O10. The van der Waals surface area contributed by atoms with Gasteiger partial charge in [-0.1, -0.05) is 86.0 Å². The van der Waals surface area contributed by atoms with Crippen LogP contribution >= 0.6 is 0 Å². The number of hydrogen-bond acceptors (Lipinski definition) is 10. The monoisotopic (exact) mass is 854 g/mol. The first-order valence-corrected chi connectivity index (χ1v) is 20.9. The number of ether oxygens (including phenoxy) is 6. The zero-order valence-electron chi connectivity index (χ0n) is 35.2. The Balaban J connectivity index is 0.996. The number of esters is 4. The number of carbonyl (C=O) groups is 4. The van der Waals surface area contributed by atoms with Crippen molar-refractivity contribution < 1.29 is 47.6 Å². The normalized spacial score (nSPS) is 10.8. The molecule has 7 aromatic carbocycles. The van der Waals surface area contributed by atoms with Gasteiger partial charge < -0.3 is 28.4 Å². The smallest absolute Gasteiger partial charge is 0.343 e. The number of rotatable bonds is 20. The summed E-state index contributed by atoms with van der Waals surface area (Å²) in [5, 5.41) is 4.20. The van der Waals surface area contributed by atoms with Gasteiger partial charge >= 0.3 is 23.9 Å². The fourth-order valence-electron chi connectivity index (χ4n) is 7.18. The lowest BCUT2D eigenvalue weighted by Crippen LogP contribution is -2.11. The van der Waals surface area contributed by atoms with Crippen LogP contribution in [0.2, 0.25) is 0 Å². The highest BCUT2D eigenvalue weighted by Gasteiger charge is 2.18. The fourth-order valence-corrected chi connectivity index (χ4v) is 7.18. The predicted molar refractivity (Wildman–Crippen MR) is 247 cm³/mol. The molecule has 0 saturated carbocycles. The highest BCUT2D eigenvalue weighted by molar-refractivity contribution is 6.21. The van der Waals surface area contributed by atoms with Gasteiger partial charge in [-0.2, -0.15) is 0 Å². The molecule has 322 valence electrons. The van der Waals surface area contributed by atoms with E-state index in [0.29, 0.717) is 47.3 Å². The summed E-state index contributed by atoms with van der Waals surface area (Å²) in [6.45, 7) is 7.91. The molecular weight excluding hydrogens is 809 g/mol. The third-order valence-electron chi connectivity index (χ3n) is 10.3. The van der Waals surface area contributed by atoms with Crippen LogP contribution in [0.3, 0.4) is 0 Å². The van der Waals surface area contributed by atoms with Gasteiger partial charge in [0.2, 0.25) is 0 Å². The number of carbonyl (C=O) groups excluding carboxylic acids is 4. The van der Waals surface area contributed by atoms with E-state index in [4.69, 9.17) is 28.4 Å². The Morgan fingerprint density at radius 1 is 0.391 bits per heavy atom. The minimum Gasteiger partial charge on any atom is -0.494 e. The Bertz CT molecular complexity index is 2700. The number of fused-ring (bicyclic) bond motifs is 2. The second kappa shape index (κ2) is 21.7. The Morgan fingerprint density at radius 3 is 1.16 bits per heavy atom. The van der Waals surface area contributed by atoms with E-state index in [1.54, 1.807) is 72.8 Å². The number of unbranched alkanes of at least 4 members (excludes halogenated alkanes) is 3. The van der Waals surface area contributed by atoms with Crippen molar-refractivity contribution in [3.8, 4) is 45.3 Å². The van der Waals surface area contributed by atoms with E-state index < -0.39 is 23.9 Å². The SMILES string of the molecule is C=CC(=O)OCCCCCCOc1ccc(C(=O)Oc2ccc(-c3c4ccccc4c(-c4ccc(OC(=O)c5ccc(OCCOC(=O)C=C)cc5)cc4)c4ccccc34)cc2)cc1. The van der Waals surface area contributed by atoms with Gasteiger partial charge in [0.15, 0.2) is 0 Å². The molecule has 0 unspecified atom stereocenters. The highest BCUT2D eigenvalue weighted by atomic mass is 16.6. The molecule has 0 atom stereocenters. The summed E-state index contributed by atoms with van der Waals surface area (Å²) in [5.41, 5.74) is 4.78. The van der Waals surface area contributed by atoms with E-state index in [1.165, 1.54) is 0 Å². The van der Waals surface area contributed by atoms with E-state index >= 15 is 0 Å². The van der Waals surface area contributed by atoms with Crippen LogP contribution in [0.1, 0.15) is 46.4 Å². The van der Waals surface area contributed by atoms with Gasteiger partial charge in [0.05, 0.1) is 24.3 Å². The third kappa shape index (κ3) is 11.3. The van der Waals surface area contributed by atoms with Crippen molar-refractivity contribution in [2.75, 3.05) is 26.4 Å². The second-order valence-corrected chi connectivity index (χ2v) is 14.6. The maximum Gasteiger partial charge on any atom is 0.343 e. The van der Waals surface area contributed by atoms with E-state index in [1.807, 2.05) is 48.5 Å². The summed E-state index contributed by atoms with van der Waals surface area (Å²) in [6.07, 6.45) is 5.77. The summed E-state index contributed by atoms with van der Waals surface area (Å²) < 4.78 is 32.8. The van der Waals surface area contributed by atoms with Crippen molar-refractivity contribution >= 4 is 45.4 Å². The van der Waals surface area contributed by atoms with Crippen LogP contribution in [-0.2, 0) is 19.1 Å². The van der Waals surface area contributed by atoms with Crippen molar-refractivity contribution in [3.05, 3.63) is 182 Å². The van der Waals surface area contributed by atoms with Gasteiger partial charge in [0.25, 0.3) is 0 Å². The van der Waals surface area contributed by atoms with Crippen molar-refractivity contribution in [3.63, 3.8) is 0 Å². The third-order valence-corrected chi connectivity index (χ3v) is 10.3. The lowest BCUT2D eigenvalue weighted by atomic mass is 9.86. The van der Waals surface area contributed by atoms with Gasteiger partial charge in [0.1, 0.15) is 36.2 Å². The first-order valence-electron chi connectivity index (χ1n) is 20.9. The molecule has 7 rings (SSSR count). The molecule has 7 aromatic rings. The maximum atomic E-state index is 13.1. The Morgan fingerprint density at radius 2 is 0.750 bits per heavy atom. The second-order valence-electron chi connectivity index (χ2n) is 14.6. The summed E-state index contributed by atoms with van der Waals surface area (Å²) in [7, 11) is 0. The molecule has 0 spiro atoms. The Hall–Kier alpha value is -7.98. The van der Waals surface area contributed by atoms with Gasteiger partial charge in [0, 0.05) is 12.2 Å². The summed E-state index contributed by atoms with van der Waals surface area (Å²) in [4.78, 5) is 48.5. The zero-order valence-corrected chi connectivity index (χ0v) is 35.2. The molecule has 0 N–H and O–H groups in total. The zero-order chi connectivity index (χ0) is 44.7. The lowest BCUT2D eigenvalue weighted by Gasteiger charge is -2.18. The van der Waals surface area contributed by atoms with Gasteiger partial charge in [-0.25, -0.2) is 19.2 Å². The Labute approximate surface area is 371 Å². The minimum atomic E-state index is -0.522. The molecule has 0 aromatic heterocycles. The van der Waals surface area contributed by atoms with E-state index in [9.17, 15) is 19.2 Å². The average molecular weight is 855 g/mol. The summed E-state index contributed by atoms with van der Waals surface area (Å²) in [6, 6.07) is 45.0. The molecule has 64 heavy (non-hydrogen) atoms. The van der Waals surface area contributed by atoms with Crippen molar-refractivity contribution in [1.29, 1.82) is 0 Å². The first-order chi connectivity index (χ1) is 31.3. The number of hydrogen-bond donors (Lipinski definition) is 0. The van der Waals surface area contributed by atoms with Gasteiger partial charge in [-0.05, 0) is 142 Å². The van der Waals surface area contributed by atoms with E-state index in [-0.39, 0.29) is 13.2 Å². The van der Waals surface area contributed by atoms with Crippen molar-refractivity contribution in [2.24, 2.45) is 0 Å². The van der Waals surface area contributed by atoms with Crippen LogP contribution in [0.25, 0.3) is 43.8 Å². The van der Waals surface area contributed by atoms with Crippen molar-refractivity contribution in [1.82, 2.24) is 0 Å². The highest BCUT2D eigenvalue weighted by Crippen LogP contribution is 2.44. The molecule has 0 radical (unpaired) electrons. The standard InChI is InChI=1S/C54H46O10/c1-3-49(55)61-34-12-6-5-11-33-59-41-25-21-39(22-26-41)53(57)63-43-29-17-37(18-30-43)51-45-13-7-9-15-47(45)52(48-16-10-8-14-46(48)51)38-19-31-44(32-20-38)64-54(58)40-23-27-42(28-24-40)60-35-36-62-50(56)4-2/h3-4,7-10,13-32H,1-2,5-6,11-12,33-36H2. The fraction of sp³-hybridized carbons (Fsp3) is 0.148. The van der Waals surface area contributed by atoms with Gasteiger partial charge in [-0.3, -0.25) is 0 Å². The molecule has 0 aliphatic carbocycles. The number of benzene rings is 7. The van der Waals surface area contributed by atoms with Crippen LogP contribution in [0.5, 0.6) is 23.0 Å². The summed E-state index contributed by atoms with van der Waals surface area (Å²) in [5.74, 6) is 0.101. The maximum absolute atomic E-state index is 13.1. The van der Waals surface area contributed by atoms with Crippen molar-refractivity contribution in [2.45, 2.75) is 25.7 Å². The van der Waals surface area contributed by atoms with Crippen LogP contribution in [0, 0.1) is 0 Å². The van der Waals surface area contributed by atoms with E-state index in [2.05, 4.69) is 37.4 Å². The van der Waals surface area contributed by atoms with Crippen LogP contribution in [0.4, 0.5) is 0 Å². The molecule has 0 saturated heterocycles. The molecule has 0 fully saturated rings. The molecule has 0 bridgehead atoms. The lowest BCUT2D eigenvalue weighted by molar-refractivity contribution is -0.139. The average Bonchev–Trinajstić information content (AvgIpc) is 3.33. The van der Waals surface area contributed by atoms with Crippen LogP contribution < -0.4 is 18.9 Å². The topological polar surface area (TPSA) is 124 Å². The summed E-state index contributed by atoms with van der Waals surface area (Å²) >= 11 is 0. The first kappa shape index (κ1) is 44.1. The van der Waals surface area contributed by atoms with Gasteiger partial charge in [-0.15, -0.1) is 0 Å². The molecule has 0 heterocycles. The molecule has 10 nitrogen and oxygen atoms in total. The van der Waals surface area contributed by atoms with Crippen LogP contribution in [0.15, 0.2) is 171 Å². The van der Waals surface area contributed by atoms with E-state index in [0.717, 1.165) is 81.6 Å². The predicted octanol–water partition coefficient (Wildman–Crippen LogP) is 11.5. The molecule has 0 amide bonds. The van der Waals surface area contributed by atoms with Crippen LogP contribution in [-0.4, -0.2) is 50.3 Å². The quantitative estimate of drug-likeness (QED) is 0.0241.